The number of carbonyl (C=O) groups excluding carboxylic acids is 2. The number of anilines is 1. The van der Waals surface area contributed by atoms with E-state index in [-0.39, 0.29) is 35.0 Å². The van der Waals surface area contributed by atoms with Gasteiger partial charge in [0.2, 0.25) is 5.95 Å². The van der Waals surface area contributed by atoms with E-state index in [0.717, 1.165) is 62.4 Å². The molecule has 3 aliphatic rings. The molecule has 0 radical (unpaired) electrons. The molecule has 0 unspecified atom stereocenters. The van der Waals surface area contributed by atoms with Gasteiger partial charge in [-0.15, -0.1) is 0 Å². The molecule has 1 spiro atoms. The molecule has 6 rings (SSSR count). The number of hydrogen-bond acceptors (Lipinski definition) is 5. The second-order valence-corrected chi connectivity index (χ2v) is 10.5. The summed E-state index contributed by atoms with van der Waals surface area (Å²) < 4.78 is 16.1. The number of amides is 2. The first kappa shape index (κ1) is 22.9. The Hall–Kier alpha value is -3.49. The summed E-state index contributed by atoms with van der Waals surface area (Å²) in [5.74, 6) is -0.344. The van der Waals surface area contributed by atoms with Crippen LogP contribution in [0.2, 0.25) is 0 Å². The minimum Gasteiger partial charge on any atom is -0.351 e. The number of rotatable bonds is 4. The normalized spacial score (nSPS) is 23.2. The molecule has 9 heteroatoms. The van der Waals surface area contributed by atoms with Gasteiger partial charge in [0.25, 0.3) is 11.8 Å². The van der Waals surface area contributed by atoms with Crippen molar-refractivity contribution in [2.24, 2.45) is 0 Å². The molecule has 0 atom stereocenters. The predicted molar refractivity (Wildman–Crippen MR) is 134 cm³/mol. The Bertz CT molecular complexity index is 1310. The lowest BCUT2D eigenvalue weighted by molar-refractivity contribution is 0.0833. The van der Waals surface area contributed by atoms with E-state index < -0.39 is 5.82 Å². The number of nitrogens with one attached hydrogen (secondary N) is 3. The number of nitrogens with zero attached hydrogens (tertiary/aromatic N) is 3. The minimum atomic E-state index is -0.502. The van der Waals surface area contributed by atoms with Crippen LogP contribution in [0.5, 0.6) is 0 Å². The van der Waals surface area contributed by atoms with Crippen LogP contribution in [0.25, 0.3) is 11.0 Å². The lowest BCUT2D eigenvalue weighted by Crippen LogP contribution is -2.52. The number of benzene rings is 1. The van der Waals surface area contributed by atoms with Crippen LogP contribution in [0.15, 0.2) is 36.5 Å². The summed E-state index contributed by atoms with van der Waals surface area (Å²) in [6.45, 7) is 0.651. The molecule has 2 aromatic heterocycles. The zero-order valence-corrected chi connectivity index (χ0v) is 20.2. The fourth-order valence-electron chi connectivity index (χ4n) is 6.20. The predicted octanol–water partition coefficient (Wildman–Crippen LogP) is 4.13. The molecule has 2 aliphatic carbocycles. The van der Waals surface area contributed by atoms with Crippen molar-refractivity contribution in [2.75, 3.05) is 11.9 Å². The van der Waals surface area contributed by atoms with Crippen molar-refractivity contribution in [2.45, 2.75) is 75.4 Å². The van der Waals surface area contributed by atoms with Crippen LogP contribution in [0.3, 0.4) is 0 Å². The van der Waals surface area contributed by atoms with Gasteiger partial charge in [-0.05, 0) is 56.7 Å². The van der Waals surface area contributed by atoms with Gasteiger partial charge in [-0.25, -0.2) is 9.37 Å². The van der Waals surface area contributed by atoms with Gasteiger partial charge in [-0.3, -0.25) is 9.59 Å². The largest absolute Gasteiger partial charge is 0.351 e. The van der Waals surface area contributed by atoms with Crippen molar-refractivity contribution >= 4 is 28.8 Å². The maximum absolute atomic E-state index is 13.9. The standard InChI is InChI=1S/C27H31FN6O2/c28-21-7-3-2-6-20(21)24(35)31-18-8-10-19(11-9-18)32-26-29-15-17-14-22-25(36)30-16-27(12-4-1-5-13-27)34(22)23(17)33-26/h2-3,6-7,14-15,18-19H,1,4-5,8-13,16H2,(H,30,36)(H,31,35)(H,29,32,33). The van der Waals surface area contributed by atoms with Crippen molar-refractivity contribution < 1.29 is 14.0 Å². The fraction of sp³-hybridized carbons (Fsp3) is 0.481. The number of aromatic nitrogens is 3. The first-order valence-electron chi connectivity index (χ1n) is 13.0. The zero-order valence-electron chi connectivity index (χ0n) is 20.2. The highest BCUT2D eigenvalue weighted by Crippen LogP contribution is 2.40. The van der Waals surface area contributed by atoms with Crippen LogP contribution in [-0.4, -0.2) is 45.0 Å². The quantitative estimate of drug-likeness (QED) is 0.511. The van der Waals surface area contributed by atoms with Crippen LogP contribution in [0, 0.1) is 5.82 Å². The second kappa shape index (κ2) is 9.19. The highest BCUT2D eigenvalue weighted by atomic mass is 19.1. The monoisotopic (exact) mass is 490 g/mol. The molecular weight excluding hydrogens is 459 g/mol. The Labute approximate surface area is 209 Å². The number of fused-ring (bicyclic) bond motifs is 4. The molecule has 0 bridgehead atoms. The summed E-state index contributed by atoms with van der Waals surface area (Å²) in [5.41, 5.74) is 1.48. The van der Waals surface area contributed by atoms with Gasteiger partial charge >= 0.3 is 0 Å². The fourth-order valence-corrected chi connectivity index (χ4v) is 6.20. The third kappa shape index (κ3) is 4.10. The van der Waals surface area contributed by atoms with Gasteiger partial charge in [0, 0.05) is 30.2 Å². The molecular formula is C27H31FN6O2. The van der Waals surface area contributed by atoms with E-state index in [1.165, 1.54) is 18.6 Å². The number of halogens is 1. The van der Waals surface area contributed by atoms with Gasteiger partial charge in [0.1, 0.15) is 17.2 Å². The molecule has 2 fully saturated rings. The van der Waals surface area contributed by atoms with Crippen molar-refractivity contribution in [3.8, 4) is 0 Å². The Morgan fingerprint density at radius 2 is 1.83 bits per heavy atom. The van der Waals surface area contributed by atoms with E-state index in [9.17, 15) is 14.0 Å². The molecule has 0 saturated heterocycles. The molecule has 3 N–H and O–H groups in total. The molecule has 36 heavy (non-hydrogen) atoms. The minimum absolute atomic E-state index is 0.0147. The van der Waals surface area contributed by atoms with Gasteiger partial charge in [-0.2, -0.15) is 4.98 Å². The Morgan fingerprint density at radius 3 is 2.61 bits per heavy atom. The van der Waals surface area contributed by atoms with Crippen LogP contribution >= 0.6 is 0 Å². The van der Waals surface area contributed by atoms with Crippen molar-refractivity contribution in [1.82, 2.24) is 25.2 Å². The average Bonchev–Trinajstić information content (AvgIpc) is 3.29. The van der Waals surface area contributed by atoms with Crippen LogP contribution in [-0.2, 0) is 5.54 Å². The Balaban J connectivity index is 1.15. The van der Waals surface area contributed by atoms with Gasteiger partial charge < -0.3 is 20.5 Å². The smallest absolute Gasteiger partial charge is 0.268 e. The first-order chi connectivity index (χ1) is 17.5. The summed E-state index contributed by atoms with van der Waals surface area (Å²) in [6.07, 6.45) is 10.7. The number of hydrogen-bond donors (Lipinski definition) is 3. The second-order valence-electron chi connectivity index (χ2n) is 10.5. The highest BCUT2D eigenvalue weighted by Gasteiger charge is 2.41. The van der Waals surface area contributed by atoms with Gasteiger partial charge in [0.05, 0.1) is 11.1 Å². The van der Waals surface area contributed by atoms with Gasteiger partial charge in [-0.1, -0.05) is 31.4 Å². The third-order valence-electron chi connectivity index (χ3n) is 8.12. The Kier molecular flexibility index (Phi) is 5.85. The third-order valence-corrected chi connectivity index (χ3v) is 8.12. The molecule has 2 amide bonds. The summed E-state index contributed by atoms with van der Waals surface area (Å²) in [7, 11) is 0. The first-order valence-corrected chi connectivity index (χ1v) is 13.0. The van der Waals surface area contributed by atoms with Crippen LogP contribution in [0.4, 0.5) is 10.3 Å². The van der Waals surface area contributed by atoms with E-state index in [2.05, 4.69) is 25.5 Å². The van der Waals surface area contributed by atoms with E-state index >= 15 is 0 Å². The summed E-state index contributed by atoms with van der Waals surface area (Å²) >= 11 is 0. The lowest BCUT2D eigenvalue weighted by Gasteiger charge is -2.42. The molecule has 2 saturated carbocycles. The average molecular weight is 491 g/mol. The molecule has 1 aliphatic heterocycles. The summed E-state index contributed by atoms with van der Waals surface area (Å²) in [4.78, 5) is 34.5. The zero-order chi connectivity index (χ0) is 24.7. The SMILES string of the molecule is O=C(NC1CCC(Nc2ncc3cc4n(c3n2)C2(CCCCC2)CNC4=O)CC1)c1ccccc1F. The van der Waals surface area contributed by atoms with Gasteiger partial charge in [0.15, 0.2) is 0 Å². The molecule has 188 valence electrons. The van der Waals surface area contributed by atoms with Crippen molar-refractivity contribution in [3.63, 3.8) is 0 Å². The lowest BCUT2D eigenvalue weighted by atomic mass is 9.80. The molecule has 8 nitrogen and oxygen atoms in total. The summed E-state index contributed by atoms with van der Waals surface area (Å²) in [5, 5.41) is 10.4. The topological polar surface area (TPSA) is 101 Å². The maximum atomic E-state index is 13.9. The molecule has 3 aromatic rings. The van der Waals surface area contributed by atoms with Crippen molar-refractivity contribution in [1.29, 1.82) is 0 Å². The van der Waals surface area contributed by atoms with Crippen molar-refractivity contribution in [3.05, 3.63) is 53.6 Å². The molecule has 1 aromatic carbocycles. The molecule has 3 heterocycles. The number of carbonyl (C=O) groups is 2. The van der Waals surface area contributed by atoms with Crippen LogP contribution in [0.1, 0.15) is 78.6 Å². The summed E-state index contributed by atoms with van der Waals surface area (Å²) in [6, 6.07) is 8.17. The van der Waals surface area contributed by atoms with E-state index in [1.54, 1.807) is 18.3 Å². The Morgan fingerprint density at radius 1 is 1.08 bits per heavy atom. The van der Waals surface area contributed by atoms with Crippen LogP contribution < -0.4 is 16.0 Å². The highest BCUT2D eigenvalue weighted by molar-refractivity contribution is 5.99. The van der Waals surface area contributed by atoms with E-state index in [1.807, 2.05) is 6.07 Å². The van der Waals surface area contributed by atoms with E-state index in [4.69, 9.17) is 4.98 Å². The maximum Gasteiger partial charge on any atom is 0.268 e. The van der Waals surface area contributed by atoms with E-state index in [0.29, 0.717) is 18.2 Å².